The molecule has 0 spiro atoms. The van der Waals surface area contributed by atoms with Crippen molar-refractivity contribution >= 4 is 0 Å². The fraction of sp³-hybridized carbons (Fsp3) is 1.00. The minimum absolute atomic E-state index is 0.324. The molecule has 49 heavy (non-hydrogen) atoms. The Kier molecular flexibility index (Phi) is 38.3. The number of likely N-dealkylation sites (N-methyl/N-ethyl adjacent to an activating group) is 2. The van der Waals surface area contributed by atoms with Crippen LogP contribution >= 0.6 is 0 Å². The van der Waals surface area contributed by atoms with E-state index in [0.717, 1.165) is 171 Å². The average molecular weight is 710 g/mol. The highest BCUT2D eigenvalue weighted by atomic mass is 16.5. The van der Waals surface area contributed by atoms with E-state index in [1.165, 1.54) is 32.5 Å². The normalized spacial score (nSPS) is 21.1. The van der Waals surface area contributed by atoms with Crippen LogP contribution in [0.1, 0.15) is 52.4 Å². The number of hydrogen-bond acceptors (Lipinski definition) is 13. The molecule has 296 valence electrons. The van der Waals surface area contributed by atoms with Crippen molar-refractivity contribution in [2.45, 2.75) is 52.4 Å². The van der Waals surface area contributed by atoms with Gasteiger partial charge in [0.1, 0.15) is 0 Å². The van der Waals surface area contributed by atoms with Gasteiger partial charge >= 0.3 is 0 Å². The van der Waals surface area contributed by atoms with Gasteiger partial charge in [-0.2, -0.15) is 0 Å². The zero-order chi connectivity index (χ0) is 36.0. The maximum atomic E-state index is 8.57. The number of aliphatic hydroxyl groups excluding tert-OH is 3. The van der Waals surface area contributed by atoms with Crippen LogP contribution in [-0.4, -0.2) is 225 Å². The second-order valence-corrected chi connectivity index (χ2v) is 12.5. The predicted octanol–water partition coefficient (Wildman–Crippen LogP) is 1.20. The molecular weight excluding hydrogens is 630 g/mol. The Hall–Kier alpha value is -0.520. The lowest BCUT2D eigenvalue weighted by Crippen LogP contribution is -2.36. The van der Waals surface area contributed by atoms with Crippen molar-refractivity contribution in [1.82, 2.24) is 24.5 Å². The molecule has 0 atom stereocenters. The fourth-order valence-electron chi connectivity index (χ4n) is 5.43. The molecule has 5 heterocycles. The largest absolute Gasteiger partial charge is 0.400 e. The summed E-state index contributed by atoms with van der Waals surface area (Å²) in [5.74, 6) is 0. The Bertz CT molecular complexity index is 613. The second kappa shape index (κ2) is 38.7. The lowest BCUT2D eigenvalue weighted by atomic mass is 10.2. The Balaban J connectivity index is 0.000000586. The Morgan fingerprint density at radius 3 is 1.00 bits per heavy atom. The number of aliphatic hydroxyl groups is 3. The molecule has 0 aromatic carbocycles. The zero-order valence-electron chi connectivity index (χ0n) is 32.2. The van der Waals surface area contributed by atoms with Gasteiger partial charge in [0, 0.05) is 85.8 Å². The molecule has 5 aliphatic heterocycles. The molecule has 0 unspecified atom stereocenters. The van der Waals surface area contributed by atoms with Gasteiger partial charge in [0.2, 0.25) is 0 Å². The average Bonchev–Trinajstić information content (AvgIpc) is 3.17. The van der Waals surface area contributed by atoms with Crippen LogP contribution in [0, 0.1) is 0 Å². The van der Waals surface area contributed by atoms with E-state index < -0.39 is 0 Å². The summed E-state index contributed by atoms with van der Waals surface area (Å²) in [5, 5.41) is 24.1. The molecule has 13 heteroatoms. The van der Waals surface area contributed by atoms with Crippen molar-refractivity contribution in [2.24, 2.45) is 0 Å². The van der Waals surface area contributed by atoms with Crippen molar-refractivity contribution in [2.75, 3.05) is 185 Å². The first-order valence-corrected chi connectivity index (χ1v) is 19.3. The first-order chi connectivity index (χ1) is 24.1. The van der Waals surface area contributed by atoms with Crippen molar-refractivity contribution in [3.05, 3.63) is 0 Å². The van der Waals surface area contributed by atoms with Gasteiger partial charge in [0.25, 0.3) is 0 Å². The maximum Gasteiger partial charge on any atom is 0.0594 e. The van der Waals surface area contributed by atoms with Gasteiger partial charge in [-0.3, -0.25) is 19.6 Å². The van der Waals surface area contributed by atoms with Crippen LogP contribution in [0.25, 0.3) is 0 Å². The van der Waals surface area contributed by atoms with Crippen LogP contribution in [0.2, 0.25) is 0 Å². The first kappa shape index (κ1) is 48.5. The van der Waals surface area contributed by atoms with Gasteiger partial charge in [-0.15, -0.1) is 0 Å². The Morgan fingerprint density at radius 1 is 0.408 bits per heavy atom. The standard InChI is InChI=1S/C9H19NO2.C8H17NO2.C7H15NO.C6H13NO.C5H11NO.CH4O/c11-7-3-1-2-4-10-5-8-12-9-6-10;10-6-2-1-3-9-4-7-11-8-5-9;1-2-3-8-4-6-9-7-5-8;1-2-7-3-5-8-6-4-7;1-6-2-4-7-5-3-6;1-2/h11H,1-9H2;10H,1-8H2;2-7H2,1H3;2-6H2,1H3;2-5H2,1H3;2H,1H3. The zero-order valence-corrected chi connectivity index (χ0v) is 32.2. The summed E-state index contributed by atoms with van der Waals surface area (Å²) in [6, 6.07) is 0. The lowest BCUT2D eigenvalue weighted by molar-refractivity contribution is 0.0366. The summed E-state index contributed by atoms with van der Waals surface area (Å²) in [6.45, 7) is 29.8. The maximum absolute atomic E-state index is 8.57. The van der Waals surface area contributed by atoms with Crippen molar-refractivity contribution < 1.29 is 39.0 Å². The van der Waals surface area contributed by atoms with E-state index in [1.54, 1.807) is 0 Å². The van der Waals surface area contributed by atoms with Gasteiger partial charge < -0.3 is 43.9 Å². The van der Waals surface area contributed by atoms with Crippen LogP contribution in [0.3, 0.4) is 0 Å². The molecule has 5 aliphatic rings. The second-order valence-electron chi connectivity index (χ2n) is 12.5. The fourth-order valence-corrected chi connectivity index (χ4v) is 5.43. The molecule has 13 nitrogen and oxygen atoms in total. The number of rotatable bonds is 12. The summed E-state index contributed by atoms with van der Waals surface area (Å²) in [4.78, 5) is 11.9. The lowest BCUT2D eigenvalue weighted by Gasteiger charge is -2.26. The van der Waals surface area contributed by atoms with Crippen LogP contribution in [0.5, 0.6) is 0 Å². The molecule has 0 amide bonds. The van der Waals surface area contributed by atoms with Gasteiger partial charge in [-0.05, 0) is 71.8 Å². The summed E-state index contributed by atoms with van der Waals surface area (Å²) in [6.07, 6.45) is 6.60. The minimum Gasteiger partial charge on any atom is -0.400 e. The molecule has 0 radical (unpaired) electrons. The molecule has 0 aromatic heterocycles. The first-order valence-electron chi connectivity index (χ1n) is 19.3. The highest BCUT2D eigenvalue weighted by Crippen LogP contribution is 2.02. The molecule has 0 aliphatic carbocycles. The smallest absolute Gasteiger partial charge is 0.0594 e. The van der Waals surface area contributed by atoms with Crippen LogP contribution in [0.15, 0.2) is 0 Å². The molecule has 0 saturated carbocycles. The van der Waals surface area contributed by atoms with Crippen molar-refractivity contribution in [1.29, 1.82) is 0 Å². The highest BCUT2D eigenvalue weighted by Gasteiger charge is 2.10. The number of nitrogens with zero attached hydrogens (tertiary/aromatic N) is 5. The number of ether oxygens (including phenoxy) is 5. The van der Waals surface area contributed by atoms with Gasteiger partial charge in [-0.25, -0.2) is 0 Å². The molecule has 5 saturated heterocycles. The van der Waals surface area contributed by atoms with E-state index in [9.17, 15) is 0 Å². The quantitative estimate of drug-likeness (QED) is 0.252. The molecule has 3 N–H and O–H groups in total. The summed E-state index contributed by atoms with van der Waals surface area (Å²) in [5.41, 5.74) is 0. The summed E-state index contributed by atoms with van der Waals surface area (Å²) >= 11 is 0. The number of unbranched alkanes of at least 4 members (excludes halogenated alkanes) is 3. The third-order valence-corrected chi connectivity index (χ3v) is 8.65. The Labute approximate surface area is 300 Å². The minimum atomic E-state index is 0.324. The van der Waals surface area contributed by atoms with Crippen molar-refractivity contribution in [3.63, 3.8) is 0 Å². The van der Waals surface area contributed by atoms with Gasteiger partial charge in [-0.1, -0.05) is 13.8 Å². The highest BCUT2D eigenvalue weighted by molar-refractivity contribution is 4.63. The summed E-state index contributed by atoms with van der Waals surface area (Å²) in [7, 11) is 3.11. The molecule has 0 bridgehead atoms. The van der Waals surface area contributed by atoms with E-state index in [-0.39, 0.29) is 0 Å². The van der Waals surface area contributed by atoms with Gasteiger partial charge in [0.15, 0.2) is 0 Å². The SMILES string of the molecule is CCCN1CCOCC1.CCN1CCOCC1.CN1CCOCC1.CO.OCCCCCN1CCOCC1.OCCCCN1CCOCC1. The molecular formula is C36H79N5O8. The van der Waals surface area contributed by atoms with Crippen LogP contribution < -0.4 is 0 Å². The van der Waals surface area contributed by atoms with Crippen LogP contribution in [0.4, 0.5) is 0 Å². The number of morpholine rings is 5. The van der Waals surface area contributed by atoms with Crippen molar-refractivity contribution in [3.8, 4) is 0 Å². The third-order valence-electron chi connectivity index (χ3n) is 8.65. The van der Waals surface area contributed by atoms with E-state index >= 15 is 0 Å². The third kappa shape index (κ3) is 31.9. The molecule has 0 aromatic rings. The number of hydrogen-bond donors (Lipinski definition) is 3. The molecule has 5 fully saturated rings. The topological polar surface area (TPSA) is 123 Å². The van der Waals surface area contributed by atoms with Gasteiger partial charge in [0.05, 0.1) is 66.1 Å². The van der Waals surface area contributed by atoms with Crippen LogP contribution in [-0.2, 0) is 23.7 Å². The van der Waals surface area contributed by atoms with E-state index in [2.05, 4.69) is 45.4 Å². The molecule has 5 rings (SSSR count). The Morgan fingerprint density at radius 2 is 0.714 bits per heavy atom. The monoisotopic (exact) mass is 710 g/mol. The van der Waals surface area contributed by atoms with E-state index in [0.29, 0.717) is 13.2 Å². The van der Waals surface area contributed by atoms with E-state index in [1.807, 2.05) is 0 Å². The summed E-state index contributed by atoms with van der Waals surface area (Å²) < 4.78 is 25.9. The van der Waals surface area contributed by atoms with E-state index in [4.69, 9.17) is 39.0 Å². The predicted molar refractivity (Wildman–Crippen MR) is 199 cm³/mol.